The molecule has 0 saturated carbocycles. The zero-order valence-corrected chi connectivity index (χ0v) is 10.3. The minimum absolute atomic E-state index is 0.692. The molecule has 0 amide bonds. The number of hydrogen-bond acceptors (Lipinski definition) is 5. The standard InChI is InChI=1S/C11H18N6/c1-3-17(6-4-5-12)11-9-7-15-16(2)10(9)13-8-14-11/h7-8H,3-6,12H2,1-2H3. The number of aromatic nitrogens is 4. The van der Waals surface area contributed by atoms with Crippen LogP contribution in [0.2, 0.25) is 0 Å². The first-order chi connectivity index (χ1) is 8.27. The molecule has 0 aliphatic carbocycles. The highest BCUT2D eigenvalue weighted by Crippen LogP contribution is 2.21. The fourth-order valence-corrected chi connectivity index (χ4v) is 1.90. The summed E-state index contributed by atoms with van der Waals surface area (Å²) in [6.07, 6.45) is 4.36. The van der Waals surface area contributed by atoms with E-state index in [4.69, 9.17) is 5.73 Å². The Labute approximate surface area is 100 Å². The molecule has 2 aromatic heterocycles. The Morgan fingerprint density at radius 1 is 1.41 bits per heavy atom. The van der Waals surface area contributed by atoms with Crippen LogP contribution in [-0.4, -0.2) is 39.4 Å². The monoisotopic (exact) mass is 234 g/mol. The second kappa shape index (κ2) is 5.09. The molecule has 0 aromatic carbocycles. The molecule has 0 spiro atoms. The van der Waals surface area contributed by atoms with E-state index in [0.717, 1.165) is 36.4 Å². The van der Waals surface area contributed by atoms with Crippen LogP contribution in [0, 0.1) is 0 Å². The third-order valence-electron chi connectivity index (χ3n) is 2.82. The third kappa shape index (κ3) is 2.21. The SMILES string of the molecule is CCN(CCCN)c1ncnc2c1cnn2C. The Kier molecular flexibility index (Phi) is 3.53. The molecule has 0 atom stereocenters. The molecule has 2 aromatic rings. The van der Waals surface area contributed by atoms with Crippen LogP contribution in [0.15, 0.2) is 12.5 Å². The second-order valence-corrected chi connectivity index (χ2v) is 3.92. The van der Waals surface area contributed by atoms with Gasteiger partial charge in [-0.2, -0.15) is 5.10 Å². The molecule has 0 aliphatic heterocycles. The minimum Gasteiger partial charge on any atom is -0.356 e. The summed E-state index contributed by atoms with van der Waals surface area (Å²) in [4.78, 5) is 10.8. The third-order valence-corrected chi connectivity index (χ3v) is 2.82. The summed E-state index contributed by atoms with van der Waals surface area (Å²) in [6, 6.07) is 0. The van der Waals surface area contributed by atoms with E-state index in [1.54, 1.807) is 11.0 Å². The molecule has 0 saturated heterocycles. The van der Waals surface area contributed by atoms with Gasteiger partial charge in [0.1, 0.15) is 12.1 Å². The molecule has 92 valence electrons. The van der Waals surface area contributed by atoms with E-state index in [2.05, 4.69) is 26.9 Å². The number of aryl methyl sites for hydroxylation is 1. The molecule has 2 N–H and O–H groups in total. The van der Waals surface area contributed by atoms with E-state index in [0.29, 0.717) is 6.54 Å². The van der Waals surface area contributed by atoms with Gasteiger partial charge in [0.25, 0.3) is 0 Å². The first-order valence-corrected chi connectivity index (χ1v) is 5.85. The fourth-order valence-electron chi connectivity index (χ4n) is 1.90. The highest BCUT2D eigenvalue weighted by molar-refractivity contribution is 5.86. The Morgan fingerprint density at radius 2 is 2.24 bits per heavy atom. The lowest BCUT2D eigenvalue weighted by Gasteiger charge is -2.21. The molecule has 0 bridgehead atoms. The van der Waals surface area contributed by atoms with Crippen molar-refractivity contribution in [3.05, 3.63) is 12.5 Å². The number of nitrogens with two attached hydrogens (primary N) is 1. The van der Waals surface area contributed by atoms with Gasteiger partial charge in [0.05, 0.1) is 11.6 Å². The van der Waals surface area contributed by atoms with Gasteiger partial charge < -0.3 is 10.6 Å². The van der Waals surface area contributed by atoms with Gasteiger partial charge in [0.2, 0.25) is 0 Å². The fraction of sp³-hybridized carbons (Fsp3) is 0.545. The molecular formula is C11H18N6. The molecule has 0 unspecified atom stereocenters. The van der Waals surface area contributed by atoms with Crippen molar-refractivity contribution in [3.63, 3.8) is 0 Å². The molecule has 6 heteroatoms. The van der Waals surface area contributed by atoms with Crippen LogP contribution in [0.4, 0.5) is 5.82 Å². The zero-order valence-electron chi connectivity index (χ0n) is 10.3. The average Bonchev–Trinajstić information content (AvgIpc) is 2.73. The van der Waals surface area contributed by atoms with Crippen LogP contribution >= 0.6 is 0 Å². The van der Waals surface area contributed by atoms with Crippen molar-refractivity contribution in [1.29, 1.82) is 0 Å². The van der Waals surface area contributed by atoms with Crippen molar-refractivity contribution in [2.75, 3.05) is 24.5 Å². The van der Waals surface area contributed by atoms with E-state index in [9.17, 15) is 0 Å². The van der Waals surface area contributed by atoms with Crippen LogP contribution < -0.4 is 10.6 Å². The molecule has 2 heterocycles. The van der Waals surface area contributed by atoms with Crippen molar-refractivity contribution in [1.82, 2.24) is 19.7 Å². The molecule has 17 heavy (non-hydrogen) atoms. The van der Waals surface area contributed by atoms with Crippen LogP contribution in [0.5, 0.6) is 0 Å². The summed E-state index contributed by atoms with van der Waals surface area (Å²) in [5.41, 5.74) is 6.41. The summed E-state index contributed by atoms with van der Waals surface area (Å²) in [6.45, 7) is 4.62. The van der Waals surface area contributed by atoms with Gasteiger partial charge in [-0.25, -0.2) is 9.97 Å². The summed E-state index contributed by atoms with van der Waals surface area (Å²) in [5, 5.41) is 5.21. The van der Waals surface area contributed by atoms with E-state index in [1.165, 1.54) is 0 Å². The molecule has 0 fully saturated rings. The molecule has 0 radical (unpaired) electrons. The van der Waals surface area contributed by atoms with Crippen molar-refractivity contribution < 1.29 is 0 Å². The maximum Gasteiger partial charge on any atom is 0.163 e. The normalized spacial score (nSPS) is 11.0. The maximum absolute atomic E-state index is 5.55. The zero-order chi connectivity index (χ0) is 12.3. The predicted octanol–water partition coefficient (Wildman–Crippen LogP) is 0.538. The predicted molar refractivity (Wildman–Crippen MR) is 67.9 cm³/mol. The van der Waals surface area contributed by atoms with Crippen LogP contribution in [0.1, 0.15) is 13.3 Å². The second-order valence-electron chi connectivity index (χ2n) is 3.92. The number of fused-ring (bicyclic) bond motifs is 1. The Hall–Kier alpha value is -1.69. The highest BCUT2D eigenvalue weighted by atomic mass is 15.3. The maximum atomic E-state index is 5.55. The van der Waals surface area contributed by atoms with Gasteiger partial charge in [-0.3, -0.25) is 4.68 Å². The van der Waals surface area contributed by atoms with Gasteiger partial charge in [-0.05, 0) is 19.9 Å². The summed E-state index contributed by atoms with van der Waals surface area (Å²) < 4.78 is 1.76. The first kappa shape index (κ1) is 11.8. The molecule has 6 nitrogen and oxygen atoms in total. The van der Waals surface area contributed by atoms with Gasteiger partial charge in [0.15, 0.2) is 5.65 Å². The molecular weight excluding hydrogens is 216 g/mol. The van der Waals surface area contributed by atoms with Crippen molar-refractivity contribution in [2.24, 2.45) is 12.8 Å². The quantitative estimate of drug-likeness (QED) is 0.817. The molecule has 2 rings (SSSR count). The summed E-state index contributed by atoms with van der Waals surface area (Å²) in [5.74, 6) is 0.944. The smallest absolute Gasteiger partial charge is 0.163 e. The minimum atomic E-state index is 0.692. The average molecular weight is 234 g/mol. The Balaban J connectivity index is 2.39. The van der Waals surface area contributed by atoms with E-state index in [-0.39, 0.29) is 0 Å². The van der Waals surface area contributed by atoms with E-state index in [1.807, 2.05) is 13.2 Å². The number of nitrogens with zero attached hydrogens (tertiary/aromatic N) is 5. The lowest BCUT2D eigenvalue weighted by atomic mass is 10.3. The Morgan fingerprint density at radius 3 is 2.94 bits per heavy atom. The van der Waals surface area contributed by atoms with Gasteiger partial charge in [0, 0.05) is 20.1 Å². The van der Waals surface area contributed by atoms with Crippen LogP contribution in [0.3, 0.4) is 0 Å². The van der Waals surface area contributed by atoms with Gasteiger partial charge in [-0.15, -0.1) is 0 Å². The van der Waals surface area contributed by atoms with E-state index < -0.39 is 0 Å². The number of anilines is 1. The molecule has 0 aliphatic rings. The van der Waals surface area contributed by atoms with Crippen LogP contribution in [0.25, 0.3) is 11.0 Å². The van der Waals surface area contributed by atoms with E-state index >= 15 is 0 Å². The first-order valence-electron chi connectivity index (χ1n) is 5.85. The number of hydrogen-bond donors (Lipinski definition) is 1. The summed E-state index contributed by atoms with van der Waals surface area (Å²) >= 11 is 0. The van der Waals surface area contributed by atoms with Gasteiger partial charge >= 0.3 is 0 Å². The van der Waals surface area contributed by atoms with Gasteiger partial charge in [-0.1, -0.05) is 0 Å². The largest absolute Gasteiger partial charge is 0.356 e. The topological polar surface area (TPSA) is 72.9 Å². The Bertz CT molecular complexity index is 492. The summed E-state index contributed by atoms with van der Waals surface area (Å²) in [7, 11) is 1.88. The van der Waals surface area contributed by atoms with Crippen molar-refractivity contribution in [2.45, 2.75) is 13.3 Å². The highest BCUT2D eigenvalue weighted by Gasteiger charge is 2.12. The van der Waals surface area contributed by atoms with Crippen molar-refractivity contribution in [3.8, 4) is 0 Å². The lowest BCUT2D eigenvalue weighted by molar-refractivity contribution is 0.746. The van der Waals surface area contributed by atoms with Crippen molar-refractivity contribution >= 4 is 16.9 Å². The van der Waals surface area contributed by atoms with Crippen LogP contribution in [-0.2, 0) is 7.05 Å². The number of rotatable bonds is 5. The lowest BCUT2D eigenvalue weighted by Crippen LogP contribution is -2.26.